The minimum atomic E-state index is 0.159. The molecule has 4 heteroatoms. The van der Waals surface area contributed by atoms with Crippen molar-refractivity contribution < 1.29 is 4.74 Å². The second kappa shape index (κ2) is 5.52. The van der Waals surface area contributed by atoms with Crippen molar-refractivity contribution in [3.63, 3.8) is 0 Å². The van der Waals surface area contributed by atoms with Crippen molar-refractivity contribution in [3.8, 4) is 0 Å². The monoisotopic (exact) mass is 280 g/mol. The molecule has 1 unspecified atom stereocenters. The molecule has 1 saturated heterocycles. The van der Waals surface area contributed by atoms with E-state index in [1.807, 2.05) is 11.3 Å². The van der Waals surface area contributed by atoms with Gasteiger partial charge < -0.3 is 10.5 Å². The molecule has 19 heavy (non-hydrogen) atoms. The van der Waals surface area contributed by atoms with E-state index in [1.54, 1.807) is 0 Å². The Morgan fingerprint density at radius 2 is 1.95 bits per heavy atom. The van der Waals surface area contributed by atoms with Crippen LogP contribution in [0.1, 0.15) is 41.5 Å². The highest BCUT2D eigenvalue weighted by atomic mass is 32.1. The Hall–Kier alpha value is -0.420. The van der Waals surface area contributed by atoms with Gasteiger partial charge in [-0.1, -0.05) is 12.8 Å². The molecule has 3 nitrogen and oxygen atoms in total. The van der Waals surface area contributed by atoms with Crippen molar-refractivity contribution in [2.24, 2.45) is 5.73 Å². The van der Waals surface area contributed by atoms with E-state index < -0.39 is 0 Å². The first-order valence-corrected chi connectivity index (χ1v) is 8.19. The fourth-order valence-electron chi connectivity index (χ4n) is 3.71. The van der Waals surface area contributed by atoms with Gasteiger partial charge in [-0.15, -0.1) is 11.3 Å². The number of rotatable bonds is 3. The number of morpholine rings is 1. The molecule has 3 rings (SSSR count). The lowest BCUT2D eigenvalue weighted by molar-refractivity contribution is -0.0307. The van der Waals surface area contributed by atoms with Gasteiger partial charge >= 0.3 is 0 Å². The average Bonchev–Trinajstić information content (AvgIpc) is 3.08. The van der Waals surface area contributed by atoms with Crippen molar-refractivity contribution in [1.29, 1.82) is 0 Å². The van der Waals surface area contributed by atoms with Crippen molar-refractivity contribution in [2.75, 3.05) is 26.3 Å². The van der Waals surface area contributed by atoms with E-state index in [9.17, 15) is 0 Å². The van der Waals surface area contributed by atoms with Crippen LogP contribution < -0.4 is 5.73 Å². The molecule has 2 fully saturated rings. The Labute approximate surface area is 119 Å². The van der Waals surface area contributed by atoms with Gasteiger partial charge in [-0.25, -0.2) is 0 Å². The molecule has 0 radical (unpaired) electrons. The van der Waals surface area contributed by atoms with Gasteiger partial charge in [0, 0.05) is 28.4 Å². The van der Waals surface area contributed by atoms with Gasteiger partial charge in [0.05, 0.1) is 19.3 Å². The van der Waals surface area contributed by atoms with Crippen LogP contribution in [-0.2, 0) is 4.74 Å². The van der Waals surface area contributed by atoms with Gasteiger partial charge in [-0.2, -0.15) is 0 Å². The van der Waals surface area contributed by atoms with E-state index in [2.05, 4.69) is 24.0 Å². The third-order valence-corrected chi connectivity index (χ3v) is 5.84. The summed E-state index contributed by atoms with van der Waals surface area (Å²) < 4.78 is 5.51. The van der Waals surface area contributed by atoms with E-state index >= 15 is 0 Å². The van der Waals surface area contributed by atoms with E-state index in [1.165, 1.54) is 35.4 Å². The van der Waals surface area contributed by atoms with E-state index in [-0.39, 0.29) is 11.6 Å². The Bertz CT molecular complexity index is 420. The smallest absolute Gasteiger partial charge is 0.0594 e. The molecule has 2 aliphatic rings. The first-order valence-electron chi connectivity index (χ1n) is 7.37. The maximum atomic E-state index is 6.71. The zero-order valence-electron chi connectivity index (χ0n) is 11.7. The second-order valence-corrected chi connectivity index (χ2v) is 7.16. The summed E-state index contributed by atoms with van der Waals surface area (Å²) in [6.07, 6.45) is 5.11. The molecule has 2 heterocycles. The molecular weight excluding hydrogens is 256 g/mol. The summed E-state index contributed by atoms with van der Waals surface area (Å²) in [6.45, 7) is 5.96. The van der Waals surface area contributed by atoms with Gasteiger partial charge in [-0.3, -0.25) is 4.90 Å². The van der Waals surface area contributed by atoms with Gasteiger partial charge in [0.2, 0.25) is 0 Å². The first kappa shape index (κ1) is 13.6. The van der Waals surface area contributed by atoms with Crippen LogP contribution in [0.5, 0.6) is 0 Å². The van der Waals surface area contributed by atoms with Crippen molar-refractivity contribution in [3.05, 3.63) is 21.9 Å². The molecule has 1 aromatic heterocycles. The molecule has 2 N–H and O–H groups in total. The standard InChI is InChI=1S/C15H24N2OS/c1-12-4-5-13(19-12)14(16)15(6-2-3-7-15)17-8-10-18-11-9-17/h4-5,14H,2-3,6-11,16H2,1H3. The van der Waals surface area contributed by atoms with Gasteiger partial charge in [0.15, 0.2) is 0 Å². The Kier molecular flexibility index (Phi) is 3.94. The lowest BCUT2D eigenvalue weighted by Gasteiger charge is -2.46. The lowest BCUT2D eigenvalue weighted by Crippen LogP contribution is -2.57. The lowest BCUT2D eigenvalue weighted by atomic mass is 9.85. The fourth-order valence-corrected chi connectivity index (χ4v) is 4.70. The summed E-state index contributed by atoms with van der Waals surface area (Å²) in [7, 11) is 0. The van der Waals surface area contributed by atoms with Crippen molar-refractivity contribution in [1.82, 2.24) is 4.90 Å². The van der Waals surface area contributed by atoms with Gasteiger partial charge in [0.1, 0.15) is 0 Å². The zero-order valence-corrected chi connectivity index (χ0v) is 12.5. The van der Waals surface area contributed by atoms with Crippen LogP contribution in [0.4, 0.5) is 0 Å². The predicted molar refractivity (Wildman–Crippen MR) is 79.6 cm³/mol. The highest BCUT2D eigenvalue weighted by molar-refractivity contribution is 7.12. The molecule has 1 aliphatic carbocycles. The van der Waals surface area contributed by atoms with Crippen LogP contribution in [0.15, 0.2) is 12.1 Å². The fraction of sp³-hybridized carbons (Fsp3) is 0.733. The van der Waals surface area contributed by atoms with Crippen LogP contribution in [0.2, 0.25) is 0 Å². The third-order valence-electron chi connectivity index (χ3n) is 4.76. The van der Waals surface area contributed by atoms with Gasteiger partial charge in [0.25, 0.3) is 0 Å². The minimum absolute atomic E-state index is 0.159. The molecule has 106 valence electrons. The molecule has 1 aromatic rings. The SMILES string of the molecule is Cc1ccc(C(N)C2(N3CCOCC3)CCCC2)s1. The Morgan fingerprint density at radius 3 is 2.53 bits per heavy atom. The summed E-state index contributed by atoms with van der Waals surface area (Å²) >= 11 is 1.86. The quantitative estimate of drug-likeness (QED) is 0.925. The first-order chi connectivity index (χ1) is 9.22. The van der Waals surface area contributed by atoms with Crippen molar-refractivity contribution in [2.45, 2.75) is 44.2 Å². The van der Waals surface area contributed by atoms with Crippen LogP contribution in [-0.4, -0.2) is 36.7 Å². The summed E-state index contributed by atoms with van der Waals surface area (Å²) in [4.78, 5) is 5.33. The zero-order chi connectivity index (χ0) is 13.3. The molecule has 0 aromatic carbocycles. The average molecular weight is 280 g/mol. The number of nitrogens with two attached hydrogens (primary N) is 1. The maximum Gasteiger partial charge on any atom is 0.0594 e. The topological polar surface area (TPSA) is 38.5 Å². The highest BCUT2D eigenvalue weighted by Crippen LogP contribution is 2.45. The van der Waals surface area contributed by atoms with Crippen LogP contribution in [0, 0.1) is 6.92 Å². The van der Waals surface area contributed by atoms with E-state index in [0.717, 1.165) is 26.3 Å². The minimum Gasteiger partial charge on any atom is -0.379 e. The van der Waals surface area contributed by atoms with Gasteiger partial charge in [-0.05, 0) is 31.9 Å². The molecule has 0 bridgehead atoms. The molecule has 1 saturated carbocycles. The number of aryl methyl sites for hydroxylation is 1. The van der Waals surface area contributed by atoms with Crippen LogP contribution in [0.25, 0.3) is 0 Å². The van der Waals surface area contributed by atoms with E-state index in [4.69, 9.17) is 10.5 Å². The number of ether oxygens (including phenoxy) is 1. The van der Waals surface area contributed by atoms with Crippen LogP contribution in [0.3, 0.4) is 0 Å². The number of hydrogen-bond donors (Lipinski definition) is 1. The van der Waals surface area contributed by atoms with E-state index in [0.29, 0.717) is 0 Å². The van der Waals surface area contributed by atoms with Crippen LogP contribution >= 0.6 is 11.3 Å². The Balaban J connectivity index is 1.86. The summed E-state index contributed by atoms with van der Waals surface area (Å²) in [6, 6.07) is 4.58. The summed E-state index contributed by atoms with van der Waals surface area (Å²) in [5, 5.41) is 0. The molecule has 0 spiro atoms. The number of thiophene rings is 1. The summed E-state index contributed by atoms with van der Waals surface area (Å²) in [5.74, 6) is 0. The Morgan fingerprint density at radius 1 is 1.26 bits per heavy atom. The largest absolute Gasteiger partial charge is 0.379 e. The molecule has 1 atom stereocenters. The maximum absolute atomic E-state index is 6.71. The molecule has 1 aliphatic heterocycles. The van der Waals surface area contributed by atoms with Crippen molar-refractivity contribution >= 4 is 11.3 Å². The summed E-state index contributed by atoms with van der Waals surface area (Å²) in [5.41, 5.74) is 6.89. The molecular formula is C15H24N2OS. The highest BCUT2D eigenvalue weighted by Gasteiger charge is 2.45. The number of nitrogens with zero attached hydrogens (tertiary/aromatic N) is 1. The number of hydrogen-bond acceptors (Lipinski definition) is 4. The predicted octanol–water partition coefficient (Wildman–Crippen LogP) is 2.70. The second-order valence-electron chi connectivity index (χ2n) is 5.84. The molecule has 0 amide bonds. The third kappa shape index (κ3) is 2.47. The normalized spacial score (nSPS) is 25.6.